The lowest BCUT2D eigenvalue weighted by atomic mass is 10.3. The molecule has 0 radical (unpaired) electrons. The number of nitrogen functional groups attached to an aromatic ring is 1. The molecule has 0 aliphatic carbocycles. The fourth-order valence-corrected chi connectivity index (χ4v) is 0.919. The van der Waals surface area contributed by atoms with Crippen LogP contribution in [0.2, 0.25) is 0 Å². The number of nitrogens with zero attached hydrogens (tertiary/aromatic N) is 1. The second-order valence-electron chi connectivity index (χ2n) is 2.44. The number of aromatic nitrogens is 1. The Balaban J connectivity index is 3.04. The summed E-state index contributed by atoms with van der Waals surface area (Å²) in [5.74, 6) is -1.12. The van der Waals surface area contributed by atoms with Crippen molar-refractivity contribution < 1.29 is 22.7 Å². The van der Waals surface area contributed by atoms with Gasteiger partial charge in [0.25, 0.3) is 5.24 Å². The Hall–Kier alpha value is -1.50. The van der Waals surface area contributed by atoms with E-state index in [0.717, 1.165) is 12.1 Å². The van der Waals surface area contributed by atoms with E-state index in [1.807, 2.05) is 0 Å². The van der Waals surface area contributed by atoms with Gasteiger partial charge in [-0.1, -0.05) is 0 Å². The highest BCUT2D eigenvalue weighted by Gasteiger charge is 2.32. The van der Waals surface area contributed by atoms with E-state index in [4.69, 9.17) is 17.3 Å². The Labute approximate surface area is 86.8 Å². The second-order valence-corrected chi connectivity index (χ2v) is 2.78. The van der Waals surface area contributed by atoms with Gasteiger partial charge in [-0.15, -0.1) is 13.2 Å². The number of nitrogens with two attached hydrogens (primary N) is 1. The lowest BCUT2D eigenvalue weighted by molar-refractivity contribution is -0.276. The van der Waals surface area contributed by atoms with E-state index in [9.17, 15) is 18.0 Å². The maximum Gasteiger partial charge on any atom is 0.574 e. The molecule has 0 aliphatic heterocycles. The predicted octanol–water partition coefficient (Wildman–Crippen LogP) is 1.94. The van der Waals surface area contributed by atoms with Crippen molar-refractivity contribution in [1.82, 2.24) is 4.98 Å². The van der Waals surface area contributed by atoms with Crippen molar-refractivity contribution in [2.75, 3.05) is 5.73 Å². The average molecular weight is 241 g/mol. The Bertz CT molecular complexity index is 394. The quantitative estimate of drug-likeness (QED) is 0.803. The number of halogens is 4. The summed E-state index contributed by atoms with van der Waals surface area (Å²) in [5, 5.41) is -0.948. The molecule has 0 aliphatic rings. The predicted molar refractivity (Wildman–Crippen MR) is 45.5 cm³/mol. The van der Waals surface area contributed by atoms with Gasteiger partial charge in [0.15, 0.2) is 0 Å². The third-order valence-electron chi connectivity index (χ3n) is 1.27. The van der Waals surface area contributed by atoms with Crippen LogP contribution < -0.4 is 10.5 Å². The van der Waals surface area contributed by atoms with Gasteiger partial charge in [-0.3, -0.25) is 4.79 Å². The molecule has 15 heavy (non-hydrogen) atoms. The fourth-order valence-electron chi connectivity index (χ4n) is 0.810. The first kappa shape index (κ1) is 11.6. The van der Waals surface area contributed by atoms with Crippen molar-refractivity contribution in [1.29, 1.82) is 0 Å². The number of hydrogen-bond acceptors (Lipinski definition) is 4. The molecule has 8 heteroatoms. The van der Waals surface area contributed by atoms with Crippen molar-refractivity contribution in [2.24, 2.45) is 0 Å². The van der Waals surface area contributed by atoms with Crippen LogP contribution in [-0.4, -0.2) is 16.6 Å². The fraction of sp³-hybridized carbons (Fsp3) is 0.143. The number of carbonyl (C=O) groups excluding carboxylic acids is 1. The molecular formula is C7H4ClF3N2O2. The molecule has 2 N–H and O–H groups in total. The highest BCUT2D eigenvalue weighted by Crippen LogP contribution is 2.23. The molecule has 0 spiro atoms. The van der Waals surface area contributed by atoms with E-state index < -0.39 is 17.5 Å². The average Bonchev–Trinajstić information content (AvgIpc) is 1.99. The normalized spacial score (nSPS) is 11.2. The molecule has 0 aromatic carbocycles. The highest BCUT2D eigenvalue weighted by molar-refractivity contribution is 6.67. The first-order chi connectivity index (χ1) is 6.78. The van der Waals surface area contributed by atoms with Gasteiger partial charge in [-0.05, 0) is 17.7 Å². The smallest absolute Gasteiger partial charge is 0.388 e. The van der Waals surface area contributed by atoms with Gasteiger partial charge in [-0.2, -0.15) is 4.98 Å². The summed E-state index contributed by atoms with van der Waals surface area (Å²) < 4.78 is 38.8. The van der Waals surface area contributed by atoms with E-state index in [1.165, 1.54) is 0 Å². The zero-order valence-corrected chi connectivity index (χ0v) is 7.76. The monoisotopic (exact) mass is 240 g/mol. The molecule has 82 valence electrons. The van der Waals surface area contributed by atoms with E-state index >= 15 is 0 Å². The number of hydrogen-bond donors (Lipinski definition) is 1. The van der Waals surface area contributed by atoms with Crippen molar-refractivity contribution in [3.63, 3.8) is 0 Å². The van der Waals surface area contributed by atoms with Crippen LogP contribution in [0.3, 0.4) is 0 Å². The molecule has 1 aromatic rings. The third kappa shape index (κ3) is 3.62. The van der Waals surface area contributed by atoms with Crippen molar-refractivity contribution >= 4 is 22.7 Å². The Morgan fingerprint density at radius 1 is 1.47 bits per heavy atom. The van der Waals surface area contributed by atoms with Gasteiger partial charge in [0.2, 0.25) is 5.88 Å². The minimum absolute atomic E-state index is 0.219. The van der Waals surface area contributed by atoms with Crippen LogP contribution in [0.25, 0.3) is 0 Å². The molecule has 0 unspecified atom stereocenters. The van der Waals surface area contributed by atoms with Crippen LogP contribution in [0.4, 0.5) is 19.0 Å². The molecule has 0 saturated carbocycles. The van der Waals surface area contributed by atoms with E-state index in [0.29, 0.717) is 0 Å². The summed E-state index contributed by atoms with van der Waals surface area (Å²) in [6.07, 6.45) is -4.90. The van der Waals surface area contributed by atoms with Gasteiger partial charge in [0, 0.05) is 11.6 Å². The van der Waals surface area contributed by atoms with Crippen LogP contribution in [0.1, 0.15) is 10.4 Å². The van der Waals surface area contributed by atoms with Gasteiger partial charge in [-0.25, -0.2) is 0 Å². The molecule has 0 atom stereocenters. The van der Waals surface area contributed by atoms with Gasteiger partial charge in [0.05, 0.1) is 0 Å². The number of ether oxygens (including phenoxy) is 1. The lowest BCUT2D eigenvalue weighted by Crippen LogP contribution is -2.18. The maximum atomic E-state index is 11.8. The zero-order valence-electron chi connectivity index (χ0n) is 7.01. The summed E-state index contributed by atoms with van der Waals surface area (Å²) in [6.45, 7) is 0. The zero-order chi connectivity index (χ0) is 11.6. The summed E-state index contributed by atoms with van der Waals surface area (Å²) in [5.41, 5.74) is 4.93. The van der Waals surface area contributed by atoms with E-state index in [-0.39, 0.29) is 11.4 Å². The van der Waals surface area contributed by atoms with Crippen molar-refractivity contribution in [2.45, 2.75) is 6.36 Å². The summed E-state index contributed by atoms with van der Waals surface area (Å²) in [6, 6.07) is 1.79. The molecule has 0 saturated heterocycles. The lowest BCUT2D eigenvalue weighted by Gasteiger charge is -2.08. The number of alkyl halides is 3. The second kappa shape index (κ2) is 3.93. The van der Waals surface area contributed by atoms with Gasteiger partial charge >= 0.3 is 6.36 Å². The van der Waals surface area contributed by atoms with Crippen LogP contribution in [0, 0.1) is 0 Å². The first-order valence-corrected chi connectivity index (χ1v) is 3.89. The first-order valence-electron chi connectivity index (χ1n) is 3.51. The highest BCUT2D eigenvalue weighted by atomic mass is 35.5. The number of rotatable bonds is 2. The summed E-state index contributed by atoms with van der Waals surface area (Å²) in [4.78, 5) is 13.9. The third-order valence-corrected chi connectivity index (χ3v) is 1.49. The minimum Gasteiger partial charge on any atom is -0.388 e. The van der Waals surface area contributed by atoms with Gasteiger partial charge < -0.3 is 10.5 Å². The molecular weight excluding hydrogens is 237 g/mol. The number of anilines is 1. The molecule has 1 aromatic heterocycles. The standard InChI is InChI=1S/C7H4ClF3N2O2/c8-6(14)3-1-4(12)13-5(2-3)15-7(9,10)11/h1-2H,(H2,12,13). The number of pyridine rings is 1. The summed E-state index contributed by atoms with van der Waals surface area (Å²) >= 11 is 5.06. The largest absolute Gasteiger partial charge is 0.574 e. The van der Waals surface area contributed by atoms with Crippen molar-refractivity contribution in [3.8, 4) is 5.88 Å². The molecule has 1 rings (SSSR count). The van der Waals surface area contributed by atoms with Crippen LogP contribution in [0.5, 0.6) is 5.88 Å². The topological polar surface area (TPSA) is 65.2 Å². The molecule has 4 nitrogen and oxygen atoms in total. The Kier molecular flexibility index (Phi) is 3.04. The van der Waals surface area contributed by atoms with Crippen LogP contribution >= 0.6 is 11.6 Å². The summed E-state index contributed by atoms with van der Waals surface area (Å²) in [7, 11) is 0. The number of carbonyl (C=O) groups is 1. The molecule has 0 amide bonds. The Morgan fingerprint density at radius 2 is 2.07 bits per heavy atom. The Morgan fingerprint density at radius 3 is 2.53 bits per heavy atom. The molecule has 0 fully saturated rings. The minimum atomic E-state index is -4.90. The molecule has 1 heterocycles. The van der Waals surface area contributed by atoms with E-state index in [2.05, 4.69) is 9.72 Å². The maximum absolute atomic E-state index is 11.8. The van der Waals surface area contributed by atoms with Crippen LogP contribution in [-0.2, 0) is 0 Å². The van der Waals surface area contributed by atoms with E-state index in [1.54, 1.807) is 0 Å². The van der Waals surface area contributed by atoms with Crippen LogP contribution in [0.15, 0.2) is 12.1 Å². The van der Waals surface area contributed by atoms with Gasteiger partial charge in [0.1, 0.15) is 5.82 Å². The van der Waals surface area contributed by atoms with Crippen molar-refractivity contribution in [3.05, 3.63) is 17.7 Å². The molecule has 0 bridgehead atoms. The SMILES string of the molecule is Nc1cc(C(=O)Cl)cc(OC(F)(F)F)n1.